The van der Waals surface area contributed by atoms with Gasteiger partial charge in [0, 0.05) is 12.6 Å². The van der Waals surface area contributed by atoms with Crippen molar-refractivity contribution in [3.8, 4) is 5.75 Å². The number of aliphatic hydroxyl groups is 1. The van der Waals surface area contributed by atoms with Crippen LogP contribution in [0.4, 0.5) is 0 Å². The molecule has 1 aromatic heterocycles. The highest BCUT2D eigenvalue weighted by molar-refractivity contribution is 5.78. The van der Waals surface area contributed by atoms with Crippen LogP contribution in [-0.4, -0.2) is 28.8 Å². The van der Waals surface area contributed by atoms with Gasteiger partial charge in [0.25, 0.3) is 0 Å². The molecule has 0 aliphatic heterocycles. The van der Waals surface area contributed by atoms with E-state index >= 15 is 0 Å². The molecular formula is C17H22N2O4. The number of ether oxygens (including phenoxy) is 1. The number of benzene rings is 1. The topological polar surface area (TPSA) is 84.6 Å². The van der Waals surface area contributed by atoms with Gasteiger partial charge in [-0.25, -0.2) is 0 Å². The van der Waals surface area contributed by atoms with E-state index in [0.717, 1.165) is 11.3 Å². The zero-order valence-corrected chi connectivity index (χ0v) is 13.6. The van der Waals surface area contributed by atoms with E-state index in [1.807, 2.05) is 13.8 Å². The number of hydrogen-bond donors (Lipinski definition) is 2. The Labute approximate surface area is 135 Å². The Kier molecular flexibility index (Phi) is 5.76. The molecule has 0 saturated carbocycles. The highest BCUT2D eigenvalue weighted by atomic mass is 16.5. The zero-order chi connectivity index (χ0) is 16.8. The van der Waals surface area contributed by atoms with Crippen LogP contribution in [-0.2, 0) is 11.2 Å². The van der Waals surface area contributed by atoms with Gasteiger partial charge < -0.3 is 19.7 Å². The molecule has 0 bridgehead atoms. The summed E-state index contributed by atoms with van der Waals surface area (Å²) in [4.78, 5) is 11.8. The molecule has 1 atom stereocenters. The highest BCUT2D eigenvalue weighted by Gasteiger charge is 2.12. The summed E-state index contributed by atoms with van der Waals surface area (Å²) in [5, 5.41) is 16.6. The summed E-state index contributed by atoms with van der Waals surface area (Å²) in [6, 6.07) is 8.89. The molecule has 0 saturated heterocycles. The molecule has 2 N–H and O–H groups in total. The average molecular weight is 318 g/mol. The number of rotatable bonds is 7. The molecule has 0 radical (unpaired) electrons. The lowest BCUT2D eigenvalue weighted by atomic mass is 10.1. The van der Waals surface area contributed by atoms with Crippen LogP contribution in [0.5, 0.6) is 5.75 Å². The average Bonchev–Trinajstić information content (AvgIpc) is 2.90. The molecule has 0 fully saturated rings. The second-order valence-corrected chi connectivity index (χ2v) is 5.66. The normalized spacial score (nSPS) is 12.2. The fourth-order valence-corrected chi connectivity index (χ4v) is 2.10. The first kappa shape index (κ1) is 17.0. The van der Waals surface area contributed by atoms with Crippen LogP contribution in [0.25, 0.3) is 0 Å². The van der Waals surface area contributed by atoms with Gasteiger partial charge in [-0.3, -0.25) is 4.79 Å². The minimum atomic E-state index is -0.772. The number of amides is 1. The van der Waals surface area contributed by atoms with Crippen LogP contribution in [0.1, 0.15) is 37.0 Å². The van der Waals surface area contributed by atoms with Crippen molar-refractivity contribution in [2.45, 2.75) is 39.4 Å². The zero-order valence-electron chi connectivity index (χ0n) is 13.6. The summed E-state index contributed by atoms with van der Waals surface area (Å²) >= 11 is 0. The molecule has 1 aromatic carbocycles. The van der Waals surface area contributed by atoms with E-state index in [1.54, 1.807) is 37.3 Å². The molecule has 0 aliphatic rings. The fraction of sp³-hybridized carbons (Fsp3) is 0.412. The third kappa shape index (κ3) is 5.41. The Hall–Kier alpha value is -2.34. The molecule has 0 unspecified atom stereocenters. The first-order valence-electron chi connectivity index (χ1n) is 7.57. The molecule has 0 spiro atoms. The van der Waals surface area contributed by atoms with Crippen molar-refractivity contribution < 1.29 is 19.2 Å². The summed E-state index contributed by atoms with van der Waals surface area (Å²) in [6.45, 7) is 5.81. The van der Waals surface area contributed by atoms with Crippen LogP contribution in [0.3, 0.4) is 0 Å². The Bertz CT molecular complexity index is 634. The smallest absolute Gasteiger partial charge is 0.226 e. The minimum Gasteiger partial charge on any atom is -0.491 e. The van der Waals surface area contributed by atoms with Crippen molar-refractivity contribution >= 4 is 5.91 Å². The van der Waals surface area contributed by atoms with Crippen LogP contribution in [0.15, 0.2) is 34.9 Å². The molecule has 6 heteroatoms. The second-order valence-electron chi connectivity index (χ2n) is 5.66. The SMILES string of the molecule is Cc1cc(CC(=O)NC[C@@H](O)c2ccc(OC(C)C)cc2)no1. The Morgan fingerprint density at radius 3 is 2.61 bits per heavy atom. The molecule has 23 heavy (non-hydrogen) atoms. The number of aromatic nitrogens is 1. The molecule has 6 nitrogen and oxygen atoms in total. The van der Waals surface area contributed by atoms with Gasteiger partial charge in [0.05, 0.1) is 24.3 Å². The number of carbonyl (C=O) groups is 1. The number of nitrogens with one attached hydrogen (secondary N) is 1. The quantitative estimate of drug-likeness (QED) is 0.817. The number of aryl methyl sites for hydroxylation is 1. The summed E-state index contributed by atoms with van der Waals surface area (Å²) in [7, 11) is 0. The molecule has 2 rings (SSSR count). The highest BCUT2D eigenvalue weighted by Crippen LogP contribution is 2.18. The van der Waals surface area contributed by atoms with Gasteiger partial charge >= 0.3 is 0 Å². The lowest BCUT2D eigenvalue weighted by Gasteiger charge is -2.14. The van der Waals surface area contributed by atoms with Gasteiger partial charge in [-0.2, -0.15) is 0 Å². The lowest BCUT2D eigenvalue weighted by molar-refractivity contribution is -0.121. The molecule has 1 amide bonds. The van der Waals surface area contributed by atoms with Gasteiger partial charge in [0.1, 0.15) is 11.5 Å². The molecule has 0 aliphatic carbocycles. The van der Waals surface area contributed by atoms with Gasteiger partial charge in [0.2, 0.25) is 5.91 Å². The Morgan fingerprint density at radius 2 is 2.04 bits per heavy atom. The second kappa shape index (κ2) is 7.78. The Balaban J connectivity index is 1.81. The van der Waals surface area contributed by atoms with Gasteiger partial charge in [0.15, 0.2) is 0 Å². The summed E-state index contributed by atoms with van der Waals surface area (Å²) < 4.78 is 10.5. The van der Waals surface area contributed by atoms with Crippen LogP contribution in [0.2, 0.25) is 0 Å². The maximum Gasteiger partial charge on any atom is 0.226 e. The predicted molar refractivity (Wildman–Crippen MR) is 85.1 cm³/mol. The summed E-state index contributed by atoms with van der Waals surface area (Å²) in [5.41, 5.74) is 1.29. The molecular weight excluding hydrogens is 296 g/mol. The summed E-state index contributed by atoms with van der Waals surface area (Å²) in [6.07, 6.45) is -0.540. The number of carbonyl (C=O) groups excluding carboxylic acids is 1. The van der Waals surface area contributed by atoms with E-state index in [-0.39, 0.29) is 25.0 Å². The first-order chi connectivity index (χ1) is 10.9. The van der Waals surface area contributed by atoms with Crippen molar-refractivity contribution in [2.75, 3.05) is 6.54 Å². The fourth-order valence-electron chi connectivity index (χ4n) is 2.10. The monoisotopic (exact) mass is 318 g/mol. The summed E-state index contributed by atoms with van der Waals surface area (Å²) in [5.74, 6) is 1.20. The standard InChI is InChI=1S/C17H22N2O4/c1-11(2)22-15-6-4-13(5-7-15)16(20)10-18-17(21)9-14-8-12(3)23-19-14/h4-8,11,16,20H,9-10H2,1-3H3,(H,18,21)/t16-/m1/s1. The maximum atomic E-state index is 11.8. The van der Waals surface area contributed by atoms with Crippen LogP contribution >= 0.6 is 0 Å². The van der Waals surface area contributed by atoms with E-state index in [0.29, 0.717) is 11.5 Å². The number of nitrogens with zero attached hydrogens (tertiary/aromatic N) is 1. The van der Waals surface area contributed by atoms with E-state index in [4.69, 9.17) is 9.26 Å². The van der Waals surface area contributed by atoms with Crippen molar-refractivity contribution in [3.63, 3.8) is 0 Å². The van der Waals surface area contributed by atoms with Gasteiger partial charge in [-0.05, 0) is 38.5 Å². The van der Waals surface area contributed by atoms with E-state index in [2.05, 4.69) is 10.5 Å². The number of aliphatic hydroxyl groups excluding tert-OH is 1. The van der Waals surface area contributed by atoms with E-state index < -0.39 is 6.10 Å². The van der Waals surface area contributed by atoms with E-state index in [9.17, 15) is 9.90 Å². The maximum absolute atomic E-state index is 11.8. The van der Waals surface area contributed by atoms with Crippen molar-refractivity contribution in [2.24, 2.45) is 0 Å². The first-order valence-corrected chi connectivity index (χ1v) is 7.57. The van der Waals surface area contributed by atoms with Crippen molar-refractivity contribution in [3.05, 3.63) is 47.3 Å². The van der Waals surface area contributed by atoms with E-state index in [1.165, 1.54) is 0 Å². The molecule has 2 aromatic rings. The van der Waals surface area contributed by atoms with Crippen LogP contribution < -0.4 is 10.1 Å². The van der Waals surface area contributed by atoms with Crippen LogP contribution in [0, 0.1) is 6.92 Å². The van der Waals surface area contributed by atoms with Crippen molar-refractivity contribution in [1.29, 1.82) is 0 Å². The third-order valence-corrected chi connectivity index (χ3v) is 3.15. The van der Waals surface area contributed by atoms with Crippen molar-refractivity contribution in [1.82, 2.24) is 10.5 Å². The third-order valence-electron chi connectivity index (χ3n) is 3.15. The largest absolute Gasteiger partial charge is 0.491 e. The molecule has 1 heterocycles. The predicted octanol–water partition coefficient (Wildman–Crippen LogP) is 2.16. The minimum absolute atomic E-state index is 0.102. The van der Waals surface area contributed by atoms with Gasteiger partial charge in [-0.1, -0.05) is 17.3 Å². The molecule has 124 valence electrons. The van der Waals surface area contributed by atoms with Gasteiger partial charge in [-0.15, -0.1) is 0 Å². The Morgan fingerprint density at radius 1 is 1.35 bits per heavy atom. The lowest BCUT2D eigenvalue weighted by Crippen LogP contribution is -2.29. The number of hydrogen-bond acceptors (Lipinski definition) is 5.